The summed E-state index contributed by atoms with van der Waals surface area (Å²) in [5.41, 5.74) is 3.13. The Kier molecular flexibility index (Phi) is 5.61. The zero-order valence-corrected chi connectivity index (χ0v) is 17.4. The molecule has 2 N–H and O–H groups in total. The number of para-hydroxylation sites is 1. The number of aromatic amines is 1. The number of carbonyl (C=O) groups is 1. The Labute approximate surface area is 170 Å². The second-order valence-corrected chi connectivity index (χ2v) is 8.31. The Morgan fingerprint density at radius 3 is 2.46 bits per heavy atom. The summed E-state index contributed by atoms with van der Waals surface area (Å²) in [5, 5.41) is 6.43. The molecular formula is C20H28N6OS. The van der Waals surface area contributed by atoms with E-state index in [0.29, 0.717) is 17.2 Å². The van der Waals surface area contributed by atoms with E-state index >= 15 is 0 Å². The van der Waals surface area contributed by atoms with Crippen LogP contribution in [0, 0.1) is 18.6 Å². The molecule has 1 aromatic heterocycles. The number of hydrogen-bond acceptors (Lipinski definition) is 5. The van der Waals surface area contributed by atoms with Gasteiger partial charge in [0.1, 0.15) is 5.82 Å². The number of amides is 1. The lowest BCUT2D eigenvalue weighted by Crippen LogP contribution is -2.49. The Morgan fingerprint density at radius 2 is 1.82 bits per heavy atom. The Hall–Kier alpha value is -2.03. The molecule has 150 valence electrons. The zero-order chi connectivity index (χ0) is 19.7. The Bertz CT molecular complexity index is 887. The van der Waals surface area contributed by atoms with Crippen LogP contribution in [-0.2, 0) is 11.5 Å². The molecule has 1 saturated heterocycles. The van der Waals surface area contributed by atoms with Crippen LogP contribution < -0.4 is 5.32 Å². The van der Waals surface area contributed by atoms with Crippen LogP contribution in [0.1, 0.15) is 35.7 Å². The second-order valence-electron chi connectivity index (χ2n) is 7.94. The molecule has 2 fully saturated rings. The number of H-pyrrole nitrogens is 1. The third-order valence-corrected chi connectivity index (χ3v) is 5.89. The summed E-state index contributed by atoms with van der Waals surface area (Å²) in [6.45, 7) is 8.78. The molecule has 28 heavy (non-hydrogen) atoms. The first-order chi connectivity index (χ1) is 13.5. The minimum absolute atomic E-state index is 0.0516. The molecule has 1 saturated carbocycles. The van der Waals surface area contributed by atoms with Crippen molar-refractivity contribution in [3.8, 4) is 0 Å². The van der Waals surface area contributed by atoms with E-state index in [1.165, 1.54) is 12.8 Å². The van der Waals surface area contributed by atoms with E-state index in [9.17, 15) is 4.79 Å². The van der Waals surface area contributed by atoms with Crippen LogP contribution in [0.4, 0.5) is 5.69 Å². The largest absolute Gasteiger partial charge is 0.324 e. The summed E-state index contributed by atoms with van der Waals surface area (Å²) in [6, 6.07) is 6.06. The van der Waals surface area contributed by atoms with Crippen molar-refractivity contribution >= 4 is 23.8 Å². The van der Waals surface area contributed by atoms with Crippen LogP contribution in [0.25, 0.3) is 0 Å². The molecular weight excluding hydrogens is 372 g/mol. The highest BCUT2D eigenvalue weighted by atomic mass is 32.1. The maximum Gasteiger partial charge on any atom is 0.238 e. The second kappa shape index (κ2) is 8.14. The minimum atomic E-state index is 0.0516. The van der Waals surface area contributed by atoms with Crippen molar-refractivity contribution in [3.05, 3.63) is 39.9 Å². The number of piperazine rings is 1. The first-order valence-corrected chi connectivity index (χ1v) is 10.4. The third-order valence-electron chi connectivity index (χ3n) is 5.58. The lowest BCUT2D eigenvalue weighted by Gasteiger charge is -2.34. The van der Waals surface area contributed by atoms with E-state index in [-0.39, 0.29) is 5.91 Å². The lowest BCUT2D eigenvalue weighted by molar-refractivity contribution is -0.117. The van der Waals surface area contributed by atoms with E-state index in [1.807, 2.05) is 36.7 Å². The number of rotatable bonds is 6. The monoisotopic (exact) mass is 400 g/mol. The van der Waals surface area contributed by atoms with Crippen LogP contribution in [0.3, 0.4) is 0 Å². The van der Waals surface area contributed by atoms with E-state index in [2.05, 4.69) is 25.2 Å². The van der Waals surface area contributed by atoms with Crippen LogP contribution in [0.15, 0.2) is 18.2 Å². The van der Waals surface area contributed by atoms with Crippen LogP contribution in [0.2, 0.25) is 0 Å². The molecule has 0 radical (unpaired) electrons. The topological polar surface area (TPSA) is 69.2 Å². The van der Waals surface area contributed by atoms with Gasteiger partial charge in [-0.15, -0.1) is 0 Å². The van der Waals surface area contributed by atoms with E-state index in [0.717, 1.165) is 55.5 Å². The fourth-order valence-corrected chi connectivity index (χ4v) is 3.89. The molecule has 2 aliphatic rings. The molecule has 1 amide bonds. The van der Waals surface area contributed by atoms with Crippen molar-refractivity contribution in [2.45, 2.75) is 39.3 Å². The van der Waals surface area contributed by atoms with Gasteiger partial charge in [-0.25, -0.2) is 9.67 Å². The zero-order valence-electron chi connectivity index (χ0n) is 16.6. The van der Waals surface area contributed by atoms with Gasteiger partial charge in [-0.1, -0.05) is 18.2 Å². The fourth-order valence-electron chi connectivity index (χ4n) is 3.69. The number of hydrogen-bond donors (Lipinski definition) is 2. The number of aryl methyl sites for hydroxylation is 2. The van der Waals surface area contributed by atoms with Gasteiger partial charge < -0.3 is 5.32 Å². The summed E-state index contributed by atoms with van der Waals surface area (Å²) in [7, 11) is 0. The lowest BCUT2D eigenvalue weighted by atomic mass is 10.1. The van der Waals surface area contributed by atoms with E-state index in [4.69, 9.17) is 12.2 Å². The van der Waals surface area contributed by atoms with Crippen molar-refractivity contribution < 1.29 is 4.79 Å². The summed E-state index contributed by atoms with van der Waals surface area (Å²) in [4.78, 5) is 21.5. The highest BCUT2D eigenvalue weighted by Crippen LogP contribution is 2.37. The van der Waals surface area contributed by atoms with Gasteiger partial charge in [-0.2, -0.15) is 0 Å². The summed E-state index contributed by atoms with van der Waals surface area (Å²) in [5.74, 6) is 1.66. The van der Waals surface area contributed by atoms with Crippen molar-refractivity contribution in [2.75, 3.05) is 38.0 Å². The van der Waals surface area contributed by atoms with Gasteiger partial charge in [0, 0.05) is 37.8 Å². The predicted octanol–water partition coefficient (Wildman–Crippen LogP) is 2.65. The number of nitrogens with zero attached hydrogens (tertiary/aromatic N) is 4. The quantitative estimate of drug-likeness (QED) is 0.730. The van der Waals surface area contributed by atoms with Crippen molar-refractivity contribution in [1.29, 1.82) is 0 Å². The summed E-state index contributed by atoms with van der Waals surface area (Å²) in [6.07, 6.45) is 2.43. The molecule has 0 spiro atoms. The average molecular weight is 401 g/mol. The molecule has 0 atom stereocenters. The normalized spacial score (nSPS) is 18.4. The van der Waals surface area contributed by atoms with Gasteiger partial charge in [0.05, 0.1) is 13.2 Å². The van der Waals surface area contributed by atoms with E-state index < -0.39 is 0 Å². The maximum atomic E-state index is 12.5. The van der Waals surface area contributed by atoms with Crippen molar-refractivity contribution in [1.82, 2.24) is 24.6 Å². The first kappa shape index (κ1) is 19.3. The average Bonchev–Trinajstić information content (AvgIpc) is 3.45. The van der Waals surface area contributed by atoms with Gasteiger partial charge >= 0.3 is 0 Å². The Morgan fingerprint density at radius 1 is 1.18 bits per heavy atom. The number of benzene rings is 1. The van der Waals surface area contributed by atoms with Crippen LogP contribution in [-0.4, -0.2) is 63.2 Å². The van der Waals surface area contributed by atoms with Gasteiger partial charge in [0.25, 0.3) is 0 Å². The molecule has 2 heterocycles. The standard InChI is InChI=1S/C20H28N6OS/c1-14-4-3-5-15(2)18(14)21-17(27)12-24-8-10-25(11-9-24)13-26-20(28)22-19(23-26)16-6-7-16/h3-5,16H,6-13H2,1-2H3,(H,21,27)(H,22,23,28). The maximum absolute atomic E-state index is 12.5. The molecule has 1 aliphatic heterocycles. The highest BCUT2D eigenvalue weighted by molar-refractivity contribution is 7.71. The van der Waals surface area contributed by atoms with Crippen LogP contribution in [0.5, 0.6) is 0 Å². The first-order valence-electron chi connectivity index (χ1n) is 9.97. The van der Waals surface area contributed by atoms with Gasteiger partial charge in [-0.05, 0) is 50.0 Å². The third kappa shape index (κ3) is 4.51. The predicted molar refractivity (Wildman–Crippen MR) is 112 cm³/mol. The number of aromatic nitrogens is 3. The molecule has 8 heteroatoms. The highest BCUT2D eigenvalue weighted by Gasteiger charge is 2.27. The minimum Gasteiger partial charge on any atom is -0.324 e. The number of nitrogens with one attached hydrogen (secondary N) is 2. The van der Waals surface area contributed by atoms with Gasteiger partial charge in [0.2, 0.25) is 10.7 Å². The Balaban J connectivity index is 1.26. The molecule has 1 aromatic carbocycles. The van der Waals surface area contributed by atoms with Crippen molar-refractivity contribution in [3.63, 3.8) is 0 Å². The molecule has 1 aliphatic carbocycles. The summed E-state index contributed by atoms with van der Waals surface area (Å²) < 4.78 is 2.60. The van der Waals surface area contributed by atoms with Crippen molar-refractivity contribution in [2.24, 2.45) is 0 Å². The number of anilines is 1. The molecule has 4 rings (SSSR count). The number of carbonyl (C=O) groups excluding carboxylic acids is 1. The van der Waals surface area contributed by atoms with Gasteiger partial charge in [0.15, 0.2) is 0 Å². The fraction of sp³-hybridized carbons (Fsp3) is 0.550. The molecule has 2 aromatic rings. The molecule has 7 nitrogen and oxygen atoms in total. The van der Waals surface area contributed by atoms with E-state index in [1.54, 1.807) is 0 Å². The van der Waals surface area contributed by atoms with Gasteiger partial charge in [-0.3, -0.25) is 19.7 Å². The summed E-state index contributed by atoms with van der Waals surface area (Å²) >= 11 is 5.38. The van der Waals surface area contributed by atoms with Crippen LogP contribution >= 0.6 is 12.2 Å². The molecule has 0 unspecified atom stereocenters. The smallest absolute Gasteiger partial charge is 0.238 e. The molecule has 0 bridgehead atoms. The SMILES string of the molecule is Cc1cccc(C)c1NC(=O)CN1CCN(Cn2[nH]c(C3CC3)nc2=S)CC1.